The van der Waals surface area contributed by atoms with E-state index in [2.05, 4.69) is 15.4 Å². The molecule has 0 spiro atoms. The standard InChI is InChI=1S/C20H26N6O4S/c1-4-26(5-2)31(28,29)18-12-19(24(3)13-18)20(27)23-16-7-6-8-17(11-16)30-10-9-25-15-21-14-22-25/h6-8,11-15H,4-5,9-10H2,1-3H3,(H,23,27). The van der Waals surface area contributed by atoms with Crippen LogP contribution in [0.1, 0.15) is 24.3 Å². The summed E-state index contributed by atoms with van der Waals surface area (Å²) in [7, 11) is -2.01. The molecule has 1 N–H and O–H groups in total. The molecule has 11 heteroatoms. The molecule has 0 aliphatic carbocycles. The number of aryl methyl sites for hydroxylation is 1. The zero-order valence-electron chi connectivity index (χ0n) is 17.7. The summed E-state index contributed by atoms with van der Waals surface area (Å²) in [4.78, 5) is 16.7. The molecule has 0 radical (unpaired) electrons. The molecule has 0 aliphatic rings. The summed E-state index contributed by atoms with van der Waals surface area (Å²) in [5.41, 5.74) is 0.779. The topological polar surface area (TPSA) is 111 Å². The van der Waals surface area contributed by atoms with Gasteiger partial charge in [-0.05, 0) is 18.2 Å². The molecule has 0 aliphatic heterocycles. The Morgan fingerprint density at radius 2 is 2.00 bits per heavy atom. The third-order valence-electron chi connectivity index (χ3n) is 4.70. The molecule has 10 nitrogen and oxygen atoms in total. The number of rotatable bonds is 10. The maximum absolute atomic E-state index is 12.8. The molecule has 0 bridgehead atoms. The smallest absolute Gasteiger partial charge is 0.272 e. The van der Waals surface area contributed by atoms with Crippen molar-refractivity contribution in [3.63, 3.8) is 0 Å². The first-order chi connectivity index (χ1) is 14.8. The van der Waals surface area contributed by atoms with E-state index in [-0.39, 0.29) is 10.6 Å². The molecule has 31 heavy (non-hydrogen) atoms. The molecule has 0 fully saturated rings. The first-order valence-corrected chi connectivity index (χ1v) is 11.3. The summed E-state index contributed by atoms with van der Waals surface area (Å²) in [6.07, 6.45) is 4.51. The van der Waals surface area contributed by atoms with Gasteiger partial charge in [-0.25, -0.2) is 18.1 Å². The number of carbonyl (C=O) groups is 1. The summed E-state index contributed by atoms with van der Waals surface area (Å²) in [6, 6.07) is 8.38. The Bertz CT molecular complexity index is 1120. The second-order valence-corrected chi connectivity index (χ2v) is 8.69. The van der Waals surface area contributed by atoms with Crippen molar-refractivity contribution in [2.24, 2.45) is 7.05 Å². The van der Waals surface area contributed by atoms with Crippen LogP contribution in [0, 0.1) is 0 Å². The van der Waals surface area contributed by atoms with E-state index in [4.69, 9.17) is 4.74 Å². The van der Waals surface area contributed by atoms with Crippen LogP contribution in [-0.2, 0) is 23.6 Å². The highest BCUT2D eigenvalue weighted by molar-refractivity contribution is 7.89. The average molecular weight is 447 g/mol. The molecule has 0 atom stereocenters. The van der Waals surface area contributed by atoms with E-state index in [1.165, 1.54) is 27.5 Å². The molecule has 3 rings (SSSR count). The Morgan fingerprint density at radius 3 is 2.68 bits per heavy atom. The molecular formula is C20H26N6O4S. The number of amides is 1. The number of carbonyl (C=O) groups excluding carboxylic acids is 1. The number of benzene rings is 1. The summed E-state index contributed by atoms with van der Waals surface area (Å²) >= 11 is 0. The SMILES string of the molecule is CCN(CC)S(=O)(=O)c1cc(C(=O)Nc2cccc(OCCn3cncn3)c2)n(C)c1. The number of nitrogens with zero attached hydrogens (tertiary/aromatic N) is 5. The number of nitrogens with one attached hydrogen (secondary N) is 1. The number of ether oxygens (including phenoxy) is 1. The van der Waals surface area contributed by atoms with Gasteiger partial charge in [0.25, 0.3) is 5.91 Å². The van der Waals surface area contributed by atoms with E-state index in [0.717, 1.165) is 0 Å². The maximum Gasteiger partial charge on any atom is 0.272 e. The average Bonchev–Trinajstić information content (AvgIpc) is 3.39. The quantitative estimate of drug-likeness (QED) is 0.510. The number of hydrogen-bond donors (Lipinski definition) is 1. The van der Waals surface area contributed by atoms with Crippen molar-refractivity contribution in [1.29, 1.82) is 0 Å². The van der Waals surface area contributed by atoms with Crippen LogP contribution in [0.15, 0.2) is 54.1 Å². The minimum absolute atomic E-state index is 0.0917. The van der Waals surface area contributed by atoms with Gasteiger partial charge in [-0.2, -0.15) is 9.40 Å². The fourth-order valence-electron chi connectivity index (χ4n) is 3.08. The molecule has 3 aromatic rings. The van der Waals surface area contributed by atoms with Crippen LogP contribution < -0.4 is 10.1 Å². The minimum atomic E-state index is -3.64. The second kappa shape index (κ2) is 9.75. The van der Waals surface area contributed by atoms with Crippen LogP contribution in [-0.4, -0.2) is 57.7 Å². The van der Waals surface area contributed by atoms with Crippen molar-refractivity contribution in [2.45, 2.75) is 25.3 Å². The largest absolute Gasteiger partial charge is 0.492 e. The third kappa shape index (κ3) is 5.30. The zero-order chi connectivity index (χ0) is 22.4. The molecule has 0 saturated heterocycles. The van der Waals surface area contributed by atoms with Gasteiger partial charge in [0.2, 0.25) is 10.0 Å². The van der Waals surface area contributed by atoms with Gasteiger partial charge in [-0.1, -0.05) is 19.9 Å². The Balaban J connectivity index is 1.68. The number of sulfonamides is 1. The fourth-order valence-corrected chi connectivity index (χ4v) is 4.61. The van der Waals surface area contributed by atoms with E-state index in [0.29, 0.717) is 37.7 Å². The Labute approximate surface area is 181 Å². The third-order valence-corrected chi connectivity index (χ3v) is 6.72. The lowest BCUT2D eigenvalue weighted by Crippen LogP contribution is -2.30. The van der Waals surface area contributed by atoms with Crippen LogP contribution in [0.25, 0.3) is 0 Å². The van der Waals surface area contributed by atoms with Crippen molar-refractivity contribution < 1.29 is 17.9 Å². The van der Waals surface area contributed by atoms with Gasteiger partial charge in [-0.15, -0.1) is 0 Å². The highest BCUT2D eigenvalue weighted by atomic mass is 32.2. The van der Waals surface area contributed by atoms with Crippen molar-refractivity contribution in [2.75, 3.05) is 25.0 Å². The monoisotopic (exact) mass is 446 g/mol. The number of anilines is 1. The lowest BCUT2D eigenvalue weighted by Gasteiger charge is -2.17. The lowest BCUT2D eigenvalue weighted by molar-refractivity contribution is 0.101. The molecule has 2 aromatic heterocycles. The van der Waals surface area contributed by atoms with Gasteiger partial charge in [0.1, 0.15) is 35.6 Å². The molecule has 0 unspecified atom stereocenters. The van der Waals surface area contributed by atoms with Gasteiger partial charge < -0.3 is 14.6 Å². The van der Waals surface area contributed by atoms with Crippen LogP contribution in [0.3, 0.4) is 0 Å². The predicted octanol–water partition coefficient (Wildman–Crippen LogP) is 1.98. The highest BCUT2D eigenvalue weighted by Gasteiger charge is 2.25. The van der Waals surface area contributed by atoms with E-state index in [1.54, 1.807) is 56.2 Å². The lowest BCUT2D eigenvalue weighted by atomic mass is 10.3. The molecule has 2 heterocycles. The van der Waals surface area contributed by atoms with Crippen LogP contribution in [0.2, 0.25) is 0 Å². The molecular weight excluding hydrogens is 420 g/mol. The van der Waals surface area contributed by atoms with Gasteiger partial charge >= 0.3 is 0 Å². The van der Waals surface area contributed by atoms with E-state index in [1.807, 2.05) is 0 Å². The van der Waals surface area contributed by atoms with E-state index >= 15 is 0 Å². The van der Waals surface area contributed by atoms with Crippen LogP contribution in [0.5, 0.6) is 5.75 Å². The zero-order valence-corrected chi connectivity index (χ0v) is 18.5. The van der Waals surface area contributed by atoms with Crippen molar-refractivity contribution in [3.8, 4) is 5.75 Å². The number of aromatic nitrogens is 4. The molecule has 166 valence electrons. The fraction of sp³-hybridized carbons (Fsp3) is 0.350. The summed E-state index contributed by atoms with van der Waals surface area (Å²) < 4.78 is 35.7. The highest BCUT2D eigenvalue weighted by Crippen LogP contribution is 2.21. The van der Waals surface area contributed by atoms with Gasteiger partial charge in [-0.3, -0.25) is 4.79 Å². The van der Waals surface area contributed by atoms with Gasteiger partial charge in [0, 0.05) is 38.1 Å². The Hall–Kier alpha value is -3.18. The number of hydrogen-bond acceptors (Lipinski definition) is 6. The molecule has 0 saturated carbocycles. The van der Waals surface area contributed by atoms with Gasteiger partial charge in [0.05, 0.1) is 6.54 Å². The van der Waals surface area contributed by atoms with Crippen LogP contribution in [0.4, 0.5) is 5.69 Å². The van der Waals surface area contributed by atoms with Crippen LogP contribution >= 0.6 is 0 Å². The summed E-state index contributed by atoms with van der Waals surface area (Å²) in [5, 5.41) is 6.80. The first kappa shape index (κ1) is 22.5. The Morgan fingerprint density at radius 1 is 1.23 bits per heavy atom. The van der Waals surface area contributed by atoms with Crippen molar-refractivity contribution >= 4 is 21.6 Å². The maximum atomic E-state index is 12.8. The Kier molecular flexibility index (Phi) is 7.08. The first-order valence-electron chi connectivity index (χ1n) is 9.88. The summed E-state index contributed by atoms with van der Waals surface area (Å²) in [6.45, 7) is 5.21. The van der Waals surface area contributed by atoms with E-state index < -0.39 is 15.9 Å². The normalized spacial score (nSPS) is 11.6. The van der Waals surface area contributed by atoms with Gasteiger partial charge in [0.15, 0.2) is 0 Å². The minimum Gasteiger partial charge on any atom is -0.492 e. The second-order valence-electron chi connectivity index (χ2n) is 6.75. The predicted molar refractivity (Wildman–Crippen MR) is 115 cm³/mol. The summed E-state index contributed by atoms with van der Waals surface area (Å²) in [5.74, 6) is 0.179. The molecule has 1 aromatic carbocycles. The van der Waals surface area contributed by atoms with Crippen molar-refractivity contribution in [3.05, 3.63) is 54.9 Å². The van der Waals surface area contributed by atoms with Crippen molar-refractivity contribution in [1.82, 2.24) is 23.6 Å². The molecule has 1 amide bonds. The van der Waals surface area contributed by atoms with E-state index in [9.17, 15) is 13.2 Å².